The summed E-state index contributed by atoms with van der Waals surface area (Å²) in [6, 6.07) is 25.5. The SMILES string of the molecule is Cc1ccccc1COc1ccccc1C(=O)Nc1cccc(-c2ccc(=O)[nH]n2)c1. The zero-order chi connectivity index (χ0) is 21.6. The molecule has 0 aliphatic rings. The van der Waals surface area contributed by atoms with E-state index in [9.17, 15) is 9.59 Å². The van der Waals surface area contributed by atoms with Crippen LogP contribution in [0, 0.1) is 6.92 Å². The number of hydrogen-bond acceptors (Lipinski definition) is 4. The summed E-state index contributed by atoms with van der Waals surface area (Å²) in [5.74, 6) is 0.244. The Labute approximate surface area is 179 Å². The molecule has 2 N–H and O–H groups in total. The molecule has 0 atom stereocenters. The van der Waals surface area contributed by atoms with Gasteiger partial charge < -0.3 is 10.1 Å². The Balaban J connectivity index is 1.52. The number of H-pyrrole nitrogens is 1. The normalized spacial score (nSPS) is 10.5. The Hall–Kier alpha value is -4.19. The topological polar surface area (TPSA) is 84.1 Å². The van der Waals surface area contributed by atoms with Crippen molar-refractivity contribution in [2.75, 3.05) is 5.32 Å². The minimum atomic E-state index is -0.271. The van der Waals surface area contributed by atoms with E-state index in [0.717, 1.165) is 16.7 Å². The molecule has 154 valence electrons. The molecule has 1 amide bonds. The molecule has 0 saturated heterocycles. The van der Waals surface area contributed by atoms with Gasteiger partial charge in [-0.05, 0) is 48.4 Å². The number of nitrogens with zero attached hydrogens (tertiary/aromatic N) is 1. The van der Waals surface area contributed by atoms with Gasteiger partial charge >= 0.3 is 0 Å². The number of hydrogen-bond donors (Lipinski definition) is 2. The molecule has 3 aromatic carbocycles. The quantitative estimate of drug-likeness (QED) is 0.487. The predicted molar refractivity (Wildman–Crippen MR) is 120 cm³/mol. The smallest absolute Gasteiger partial charge is 0.264 e. The lowest BCUT2D eigenvalue weighted by Crippen LogP contribution is -2.14. The van der Waals surface area contributed by atoms with Gasteiger partial charge in [-0.1, -0.05) is 48.5 Å². The highest BCUT2D eigenvalue weighted by atomic mass is 16.5. The zero-order valence-corrected chi connectivity index (χ0v) is 17.0. The van der Waals surface area contributed by atoms with Crippen LogP contribution in [0.4, 0.5) is 5.69 Å². The fourth-order valence-electron chi connectivity index (χ4n) is 3.17. The molecular weight excluding hydrogens is 390 g/mol. The third-order valence-corrected chi connectivity index (χ3v) is 4.87. The van der Waals surface area contributed by atoms with Crippen molar-refractivity contribution < 1.29 is 9.53 Å². The Morgan fingerprint density at radius 3 is 2.58 bits per heavy atom. The standard InChI is InChI=1S/C25H21N3O3/c1-17-7-2-3-8-19(17)16-31-23-12-5-4-11-21(23)25(30)26-20-10-6-9-18(15-20)22-13-14-24(29)28-27-22/h2-15H,16H2,1H3,(H,26,30)(H,28,29). The molecule has 0 bridgehead atoms. The Morgan fingerprint density at radius 1 is 0.968 bits per heavy atom. The number of aryl methyl sites for hydroxylation is 1. The number of rotatable bonds is 6. The van der Waals surface area contributed by atoms with Gasteiger partial charge in [0.25, 0.3) is 11.5 Å². The Morgan fingerprint density at radius 2 is 1.77 bits per heavy atom. The number of aromatic nitrogens is 2. The summed E-state index contributed by atoms with van der Waals surface area (Å²) in [6.45, 7) is 2.41. The minimum absolute atomic E-state index is 0.268. The molecule has 0 saturated carbocycles. The Kier molecular flexibility index (Phi) is 5.89. The van der Waals surface area contributed by atoms with Crippen LogP contribution in [0.25, 0.3) is 11.3 Å². The fraction of sp³-hybridized carbons (Fsp3) is 0.0800. The summed E-state index contributed by atoms with van der Waals surface area (Å²) >= 11 is 0. The summed E-state index contributed by atoms with van der Waals surface area (Å²) in [5.41, 5.74) is 4.38. The highest BCUT2D eigenvalue weighted by Crippen LogP contribution is 2.24. The second kappa shape index (κ2) is 9.09. The molecule has 0 aliphatic carbocycles. The summed E-state index contributed by atoms with van der Waals surface area (Å²) in [4.78, 5) is 24.2. The van der Waals surface area contributed by atoms with Gasteiger partial charge in [0.05, 0.1) is 11.3 Å². The molecule has 0 spiro atoms. The maximum absolute atomic E-state index is 13.0. The molecule has 0 unspecified atom stereocenters. The number of para-hydroxylation sites is 1. The molecule has 0 radical (unpaired) electrons. The molecule has 6 nitrogen and oxygen atoms in total. The first-order valence-corrected chi connectivity index (χ1v) is 9.84. The third-order valence-electron chi connectivity index (χ3n) is 4.87. The van der Waals surface area contributed by atoms with E-state index in [4.69, 9.17) is 4.74 Å². The largest absolute Gasteiger partial charge is 0.488 e. The van der Waals surface area contributed by atoms with E-state index in [-0.39, 0.29) is 11.5 Å². The van der Waals surface area contributed by atoms with Crippen molar-refractivity contribution in [3.63, 3.8) is 0 Å². The second-order valence-electron chi connectivity index (χ2n) is 7.05. The summed E-state index contributed by atoms with van der Waals surface area (Å²) in [5, 5.41) is 9.36. The van der Waals surface area contributed by atoms with E-state index in [1.54, 1.807) is 36.4 Å². The number of amides is 1. The number of aromatic amines is 1. The molecule has 1 aromatic heterocycles. The lowest BCUT2D eigenvalue weighted by molar-refractivity contribution is 0.102. The van der Waals surface area contributed by atoms with Crippen molar-refractivity contribution in [1.29, 1.82) is 0 Å². The van der Waals surface area contributed by atoms with Crippen LogP contribution < -0.4 is 15.6 Å². The molecular formula is C25H21N3O3. The van der Waals surface area contributed by atoms with Crippen molar-refractivity contribution in [3.8, 4) is 17.0 Å². The first-order valence-electron chi connectivity index (χ1n) is 9.84. The summed E-state index contributed by atoms with van der Waals surface area (Å²) in [6.07, 6.45) is 0. The average molecular weight is 411 g/mol. The first-order chi connectivity index (χ1) is 15.1. The number of carbonyl (C=O) groups excluding carboxylic acids is 1. The minimum Gasteiger partial charge on any atom is -0.488 e. The summed E-state index contributed by atoms with van der Waals surface area (Å²) < 4.78 is 5.96. The molecule has 0 aliphatic heterocycles. The van der Waals surface area contributed by atoms with E-state index >= 15 is 0 Å². The molecule has 4 aromatic rings. The van der Waals surface area contributed by atoms with Crippen LogP contribution >= 0.6 is 0 Å². The van der Waals surface area contributed by atoms with Crippen molar-refractivity contribution in [2.24, 2.45) is 0 Å². The van der Waals surface area contributed by atoms with E-state index in [1.165, 1.54) is 6.07 Å². The van der Waals surface area contributed by atoms with Gasteiger partial charge in [-0.3, -0.25) is 9.59 Å². The predicted octanol–water partition coefficient (Wildman–Crippen LogP) is 4.58. The van der Waals surface area contributed by atoms with Crippen molar-refractivity contribution in [1.82, 2.24) is 10.2 Å². The first kappa shape index (κ1) is 20.1. The molecule has 1 heterocycles. The van der Waals surface area contributed by atoms with Crippen LogP contribution in [0.5, 0.6) is 5.75 Å². The maximum atomic E-state index is 13.0. The highest BCUT2D eigenvalue weighted by molar-refractivity contribution is 6.06. The number of carbonyl (C=O) groups is 1. The maximum Gasteiger partial charge on any atom is 0.264 e. The van der Waals surface area contributed by atoms with Gasteiger partial charge in [0.2, 0.25) is 0 Å². The average Bonchev–Trinajstić information content (AvgIpc) is 2.79. The lowest BCUT2D eigenvalue weighted by Gasteiger charge is -2.13. The van der Waals surface area contributed by atoms with E-state index in [1.807, 2.05) is 49.4 Å². The van der Waals surface area contributed by atoms with Crippen LogP contribution in [0.2, 0.25) is 0 Å². The summed E-state index contributed by atoms with van der Waals surface area (Å²) in [7, 11) is 0. The molecule has 4 rings (SSSR count). The van der Waals surface area contributed by atoms with Crippen molar-refractivity contribution in [2.45, 2.75) is 13.5 Å². The van der Waals surface area contributed by atoms with Crippen LogP contribution in [0.3, 0.4) is 0 Å². The molecule has 0 fully saturated rings. The van der Waals surface area contributed by atoms with Crippen molar-refractivity contribution in [3.05, 3.63) is 112 Å². The van der Waals surface area contributed by atoms with E-state index in [2.05, 4.69) is 15.5 Å². The number of anilines is 1. The third kappa shape index (κ3) is 4.87. The van der Waals surface area contributed by atoms with Gasteiger partial charge in [0.1, 0.15) is 12.4 Å². The monoisotopic (exact) mass is 411 g/mol. The van der Waals surface area contributed by atoms with E-state index in [0.29, 0.717) is 29.3 Å². The van der Waals surface area contributed by atoms with Crippen LogP contribution in [0.1, 0.15) is 21.5 Å². The second-order valence-corrected chi connectivity index (χ2v) is 7.05. The van der Waals surface area contributed by atoms with Gasteiger partial charge in [0.15, 0.2) is 0 Å². The highest BCUT2D eigenvalue weighted by Gasteiger charge is 2.13. The number of benzene rings is 3. The van der Waals surface area contributed by atoms with E-state index < -0.39 is 0 Å². The van der Waals surface area contributed by atoms with Gasteiger partial charge in [0, 0.05) is 17.3 Å². The van der Waals surface area contributed by atoms with Gasteiger partial charge in [-0.25, -0.2) is 5.10 Å². The van der Waals surface area contributed by atoms with Gasteiger partial charge in [-0.15, -0.1) is 0 Å². The van der Waals surface area contributed by atoms with Crippen LogP contribution in [-0.4, -0.2) is 16.1 Å². The van der Waals surface area contributed by atoms with Crippen LogP contribution in [0.15, 0.2) is 89.7 Å². The molecule has 6 heteroatoms. The van der Waals surface area contributed by atoms with Crippen molar-refractivity contribution >= 4 is 11.6 Å². The number of nitrogens with one attached hydrogen (secondary N) is 2. The van der Waals surface area contributed by atoms with Crippen LogP contribution in [-0.2, 0) is 6.61 Å². The van der Waals surface area contributed by atoms with Gasteiger partial charge in [-0.2, -0.15) is 5.10 Å². The fourth-order valence-corrected chi connectivity index (χ4v) is 3.17. The Bertz CT molecular complexity index is 1260. The zero-order valence-electron chi connectivity index (χ0n) is 17.0. The molecule has 31 heavy (non-hydrogen) atoms. The lowest BCUT2D eigenvalue weighted by atomic mass is 10.1. The number of ether oxygens (including phenoxy) is 1.